The lowest BCUT2D eigenvalue weighted by molar-refractivity contribution is 0.666. The standard InChI is InChI=1S/C71H46N4O2/c1-45-68-56-26-10-8-22-52(56)60(53-23-9-11-27-57(53)68)42-65(74(50-38-34-48(35-39-50)46-18-4-2-5-19-46)63-30-16-28-58-54-24-12-14-32-66(54)76-70(58)63)61(43-72)62(44-73)69(45)75(51-40-36-49(37-41-51)47-20-6-3-7-21-47)64-31-17-29-59-55-25-13-15-33-67(55)77-71(59)64/h2-41,60,68H,1,42H2/b65-61+,69-62+. The maximum absolute atomic E-state index is 12.3. The van der Waals surface area contributed by atoms with Gasteiger partial charge in [0.25, 0.3) is 0 Å². The van der Waals surface area contributed by atoms with Gasteiger partial charge in [0.1, 0.15) is 23.3 Å². The number of hydrogen-bond acceptors (Lipinski definition) is 6. The summed E-state index contributed by atoms with van der Waals surface area (Å²) in [6.45, 7) is 5.12. The van der Waals surface area contributed by atoms with Gasteiger partial charge < -0.3 is 18.6 Å². The second-order valence-electron chi connectivity index (χ2n) is 19.7. The van der Waals surface area contributed by atoms with Crippen LogP contribution in [0.15, 0.2) is 286 Å². The van der Waals surface area contributed by atoms with Crippen LogP contribution in [0.5, 0.6) is 0 Å². The zero-order valence-electron chi connectivity index (χ0n) is 41.8. The van der Waals surface area contributed by atoms with Gasteiger partial charge in [-0.25, -0.2) is 0 Å². The Morgan fingerprint density at radius 3 is 1.29 bits per heavy atom. The fraction of sp³-hybridized carbons (Fsp3) is 0.0423. The second-order valence-corrected chi connectivity index (χ2v) is 19.7. The zero-order chi connectivity index (χ0) is 51.6. The summed E-state index contributed by atoms with van der Waals surface area (Å²) < 4.78 is 13.8. The average Bonchev–Trinajstić information content (AvgIpc) is 4.17. The van der Waals surface area contributed by atoms with Crippen molar-refractivity contribution in [2.45, 2.75) is 18.3 Å². The summed E-state index contributed by atoms with van der Waals surface area (Å²) in [5.74, 6) is -0.622. The van der Waals surface area contributed by atoms with Gasteiger partial charge in [-0.05, 0) is 98.6 Å². The third-order valence-corrected chi connectivity index (χ3v) is 15.6. The number of nitriles is 2. The first kappa shape index (κ1) is 45.2. The highest BCUT2D eigenvalue weighted by molar-refractivity contribution is 6.11. The van der Waals surface area contributed by atoms with Crippen LogP contribution in [0.3, 0.4) is 0 Å². The van der Waals surface area contributed by atoms with Crippen molar-refractivity contribution < 1.29 is 8.83 Å². The van der Waals surface area contributed by atoms with Crippen LogP contribution in [-0.4, -0.2) is 0 Å². The van der Waals surface area contributed by atoms with Crippen molar-refractivity contribution >= 4 is 66.6 Å². The Morgan fingerprint density at radius 2 is 0.792 bits per heavy atom. The number of fused-ring (bicyclic) bond motifs is 9. The van der Waals surface area contributed by atoms with Crippen molar-refractivity contribution in [3.05, 3.63) is 300 Å². The summed E-state index contributed by atoms with van der Waals surface area (Å²) in [4.78, 5) is 4.29. The molecule has 0 atom stereocenters. The molecule has 0 radical (unpaired) electrons. The van der Waals surface area contributed by atoms with Crippen LogP contribution in [0.25, 0.3) is 66.1 Å². The van der Waals surface area contributed by atoms with Crippen molar-refractivity contribution in [2.75, 3.05) is 9.80 Å². The van der Waals surface area contributed by atoms with Crippen molar-refractivity contribution in [1.29, 1.82) is 10.5 Å². The van der Waals surface area contributed by atoms with E-state index in [2.05, 4.69) is 180 Å². The maximum Gasteiger partial charge on any atom is 0.159 e. The number of hydrogen-bond donors (Lipinski definition) is 0. The van der Waals surface area contributed by atoms with Gasteiger partial charge in [-0.15, -0.1) is 0 Å². The average molecular weight is 987 g/mol. The van der Waals surface area contributed by atoms with Gasteiger partial charge >= 0.3 is 0 Å². The zero-order valence-corrected chi connectivity index (χ0v) is 41.8. The quantitative estimate of drug-likeness (QED) is 0.151. The fourth-order valence-corrected chi connectivity index (χ4v) is 12.2. The normalized spacial score (nSPS) is 17.0. The molecule has 0 aliphatic heterocycles. The number of allylic oxidation sites excluding steroid dienone is 4. The van der Waals surface area contributed by atoms with Gasteiger partial charge in [-0.2, -0.15) is 10.5 Å². The molecule has 3 aliphatic rings. The molecule has 0 spiro atoms. The Labute approximate surface area is 445 Å². The van der Waals surface area contributed by atoms with E-state index < -0.39 is 5.92 Å². The molecule has 77 heavy (non-hydrogen) atoms. The lowest BCUT2D eigenvalue weighted by Crippen LogP contribution is -2.30. The molecule has 6 heteroatoms. The Balaban J connectivity index is 1.12. The molecule has 2 heterocycles. The monoisotopic (exact) mass is 986 g/mol. The van der Waals surface area contributed by atoms with Gasteiger partial charge in [-0.1, -0.05) is 201 Å². The molecule has 0 unspecified atom stereocenters. The van der Waals surface area contributed by atoms with E-state index in [-0.39, 0.29) is 17.1 Å². The van der Waals surface area contributed by atoms with Crippen LogP contribution in [0, 0.1) is 22.7 Å². The van der Waals surface area contributed by atoms with E-state index in [1.165, 1.54) is 0 Å². The predicted octanol–water partition coefficient (Wildman–Crippen LogP) is 18.6. The van der Waals surface area contributed by atoms with Gasteiger partial charge in [-0.3, -0.25) is 0 Å². The Morgan fingerprint density at radius 1 is 0.390 bits per heavy atom. The van der Waals surface area contributed by atoms with E-state index in [1.807, 2.05) is 84.9 Å². The number of benzene rings is 10. The van der Waals surface area contributed by atoms with Gasteiger partial charge in [0.2, 0.25) is 0 Å². The molecular formula is C71H46N4O2. The number of nitrogens with zero attached hydrogens (tertiary/aromatic N) is 4. The molecule has 3 aliphatic carbocycles. The lowest BCUT2D eigenvalue weighted by atomic mass is 9.67. The first-order chi connectivity index (χ1) is 38.1. The van der Waals surface area contributed by atoms with E-state index in [4.69, 9.17) is 15.4 Å². The van der Waals surface area contributed by atoms with Gasteiger partial charge in [0.15, 0.2) is 11.2 Å². The molecule has 10 aromatic carbocycles. The SMILES string of the molecule is C=C1/C(N(c2ccc(-c3ccccc3)cc2)c2cccc3c2oc2ccccc23)=C(C#N)\C(C#N)=C(\N(c2ccc(-c3ccccc3)cc2)c2cccc3c2oc2ccccc23)CC2c3ccccc3C1c1ccccc12. The van der Waals surface area contributed by atoms with E-state index in [0.29, 0.717) is 40.2 Å². The molecule has 2 aromatic heterocycles. The molecule has 0 saturated carbocycles. The van der Waals surface area contributed by atoms with Crippen molar-refractivity contribution in [3.63, 3.8) is 0 Å². The highest BCUT2D eigenvalue weighted by Crippen LogP contribution is 2.55. The number of rotatable bonds is 8. The molecule has 0 N–H and O–H groups in total. The third-order valence-electron chi connectivity index (χ3n) is 15.6. The van der Waals surface area contributed by atoms with Crippen LogP contribution in [0.2, 0.25) is 0 Å². The van der Waals surface area contributed by atoms with Gasteiger partial charge in [0.05, 0.1) is 28.2 Å². The van der Waals surface area contributed by atoms with Crippen molar-refractivity contribution in [1.82, 2.24) is 0 Å². The second kappa shape index (κ2) is 18.5. The maximum atomic E-state index is 12.3. The van der Waals surface area contributed by atoms with Crippen molar-refractivity contribution in [2.24, 2.45) is 0 Å². The summed E-state index contributed by atoms with van der Waals surface area (Å²) in [5.41, 5.74) is 16.6. The molecule has 362 valence electrons. The highest BCUT2D eigenvalue weighted by Gasteiger charge is 2.41. The molecule has 0 saturated heterocycles. The van der Waals surface area contributed by atoms with Gasteiger partial charge in [0, 0.05) is 56.9 Å². The molecular weight excluding hydrogens is 941 g/mol. The number of furan rings is 2. The summed E-state index contributed by atoms with van der Waals surface area (Å²) in [6.07, 6.45) is 0.344. The molecule has 0 amide bonds. The molecule has 15 rings (SSSR count). The number of anilines is 4. The minimum atomic E-state index is -0.398. The van der Waals surface area contributed by atoms with E-state index in [9.17, 15) is 10.5 Å². The third kappa shape index (κ3) is 7.38. The summed E-state index contributed by atoms with van der Waals surface area (Å²) in [7, 11) is 0. The number of para-hydroxylation sites is 4. The first-order valence-electron chi connectivity index (χ1n) is 25.9. The summed E-state index contributed by atoms with van der Waals surface area (Å²) >= 11 is 0. The summed E-state index contributed by atoms with van der Waals surface area (Å²) in [5, 5.41) is 28.5. The molecule has 6 nitrogen and oxygen atoms in total. The lowest BCUT2D eigenvalue weighted by Gasteiger charge is -2.41. The minimum Gasteiger partial charge on any atom is -0.454 e. The predicted molar refractivity (Wildman–Crippen MR) is 311 cm³/mol. The Bertz CT molecular complexity index is 4420. The van der Waals surface area contributed by atoms with E-state index >= 15 is 0 Å². The van der Waals surface area contributed by atoms with Crippen molar-refractivity contribution in [3.8, 4) is 34.4 Å². The van der Waals surface area contributed by atoms with Crippen LogP contribution >= 0.6 is 0 Å². The topological polar surface area (TPSA) is 80.3 Å². The van der Waals surface area contributed by atoms with Crippen LogP contribution in [0.1, 0.15) is 40.5 Å². The molecule has 0 fully saturated rings. The van der Waals surface area contributed by atoms with Crippen LogP contribution < -0.4 is 9.80 Å². The molecule has 12 aromatic rings. The smallest absolute Gasteiger partial charge is 0.159 e. The summed E-state index contributed by atoms with van der Waals surface area (Å²) in [6, 6.07) is 88.8. The minimum absolute atomic E-state index is 0.179. The van der Waals surface area contributed by atoms with E-state index in [0.717, 1.165) is 94.3 Å². The van der Waals surface area contributed by atoms with Crippen LogP contribution in [-0.2, 0) is 0 Å². The van der Waals surface area contributed by atoms with Crippen LogP contribution in [0.4, 0.5) is 22.7 Å². The fourth-order valence-electron chi connectivity index (χ4n) is 12.2. The molecule has 2 bridgehead atoms. The Hall–Kier alpha value is -10.4. The Kier molecular flexibility index (Phi) is 10.9. The largest absolute Gasteiger partial charge is 0.454 e. The first-order valence-corrected chi connectivity index (χ1v) is 25.9. The van der Waals surface area contributed by atoms with E-state index in [1.54, 1.807) is 0 Å². The highest BCUT2D eigenvalue weighted by atomic mass is 16.3.